The fraction of sp³-hybridized carbons (Fsp3) is 0.222. The Labute approximate surface area is 226 Å². The number of aliphatic hydroxyl groups is 2. The van der Waals surface area contributed by atoms with Gasteiger partial charge in [-0.1, -0.05) is 41.4 Å². The van der Waals surface area contributed by atoms with Crippen LogP contribution in [0.5, 0.6) is 0 Å². The molecule has 0 aliphatic heterocycles. The van der Waals surface area contributed by atoms with Crippen molar-refractivity contribution in [3.63, 3.8) is 0 Å². The molecule has 1 unspecified atom stereocenters. The van der Waals surface area contributed by atoms with E-state index in [9.17, 15) is 18.8 Å². The summed E-state index contributed by atoms with van der Waals surface area (Å²) in [4.78, 5) is 4.74. The van der Waals surface area contributed by atoms with E-state index in [1.807, 2.05) is 16.7 Å². The molecule has 0 aliphatic rings. The van der Waals surface area contributed by atoms with Gasteiger partial charge >= 0.3 is 0 Å². The zero-order chi connectivity index (χ0) is 26.9. The second-order valence-electron chi connectivity index (χ2n) is 8.89. The normalized spacial score (nSPS) is 12.6. The Bertz CT molecular complexity index is 1450. The molecule has 0 spiro atoms. The van der Waals surface area contributed by atoms with E-state index in [1.54, 1.807) is 50.4 Å². The second kappa shape index (κ2) is 11.0. The van der Waals surface area contributed by atoms with Gasteiger partial charge in [-0.25, -0.2) is 13.6 Å². The number of halogens is 3. The van der Waals surface area contributed by atoms with Crippen molar-refractivity contribution < 1.29 is 23.0 Å². The number of aromatic nitrogens is 2. The minimum atomic E-state index is -1.92. The van der Waals surface area contributed by atoms with Crippen LogP contribution in [0.4, 0.5) is 4.39 Å². The van der Waals surface area contributed by atoms with Crippen molar-refractivity contribution in [2.45, 2.75) is 37.4 Å². The van der Waals surface area contributed by atoms with Gasteiger partial charge in [-0.05, 0) is 66.9 Å². The molecule has 0 amide bonds. The molecule has 1 heterocycles. The van der Waals surface area contributed by atoms with Crippen molar-refractivity contribution in [2.24, 2.45) is 0 Å². The van der Waals surface area contributed by atoms with Crippen molar-refractivity contribution in [3.05, 3.63) is 99.3 Å². The van der Waals surface area contributed by atoms with Gasteiger partial charge in [0.15, 0.2) is 11.1 Å². The summed E-state index contributed by atoms with van der Waals surface area (Å²) in [6.07, 6.45) is 2.08. The summed E-state index contributed by atoms with van der Waals surface area (Å²) in [5.74, 6) is -0.0520. The van der Waals surface area contributed by atoms with E-state index in [-0.39, 0.29) is 10.5 Å². The zero-order valence-corrected chi connectivity index (χ0v) is 22.7. The quantitative estimate of drug-likeness (QED) is 0.276. The molecule has 194 valence electrons. The van der Waals surface area contributed by atoms with E-state index >= 15 is 0 Å². The summed E-state index contributed by atoms with van der Waals surface area (Å²) in [6.45, 7) is 2.71. The Balaban J connectivity index is 1.76. The molecular weight excluding hydrogens is 538 g/mol. The summed E-state index contributed by atoms with van der Waals surface area (Å²) < 4.78 is 33.6. The minimum Gasteiger partial charge on any atom is -0.392 e. The van der Waals surface area contributed by atoms with E-state index in [4.69, 9.17) is 27.4 Å². The van der Waals surface area contributed by atoms with E-state index in [0.717, 1.165) is 11.3 Å². The van der Waals surface area contributed by atoms with Crippen molar-refractivity contribution >= 4 is 34.3 Å². The third kappa shape index (κ3) is 5.80. The molecule has 10 heteroatoms. The smallest absolute Gasteiger partial charge is 0.189 e. The van der Waals surface area contributed by atoms with Crippen LogP contribution >= 0.6 is 23.2 Å². The van der Waals surface area contributed by atoms with Crippen molar-refractivity contribution in [3.8, 4) is 16.8 Å². The van der Waals surface area contributed by atoms with E-state index in [0.29, 0.717) is 39.1 Å². The van der Waals surface area contributed by atoms with E-state index < -0.39 is 29.1 Å². The summed E-state index contributed by atoms with van der Waals surface area (Å²) >= 11 is 10.9. The fourth-order valence-electron chi connectivity index (χ4n) is 3.91. The molecule has 0 fully saturated rings. The Morgan fingerprint density at radius 1 is 1.05 bits per heavy atom. The minimum absolute atomic E-state index is 0.0685. The average molecular weight is 563 g/mol. The first-order valence-corrected chi connectivity index (χ1v) is 13.1. The number of nitrogens with zero attached hydrogens (tertiary/aromatic N) is 2. The molecule has 4 aromatic rings. The number of benzene rings is 3. The van der Waals surface area contributed by atoms with Crippen LogP contribution in [0.2, 0.25) is 10.0 Å². The first kappa shape index (κ1) is 27.4. The molecule has 1 atom stereocenters. The maximum atomic E-state index is 14.7. The van der Waals surface area contributed by atoms with Crippen molar-refractivity contribution in [1.82, 2.24) is 9.55 Å². The third-order valence-corrected chi connectivity index (χ3v) is 7.66. The molecule has 1 aromatic heterocycles. The molecule has 2 N–H and O–H groups in total. The van der Waals surface area contributed by atoms with Gasteiger partial charge in [-0.15, -0.1) is 0 Å². The molecule has 37 heavy (non-hydrogen) atoms. The standard InChI is InChI=1S/C27H25Cl2FN2O4S/c1-27(2,34)25-14-32(26(31-25)13-19-21(28)5-4-6-22(19)29)18-9-7-16(8-10-18)17-11-23(30)20(15-33)24(12-17)37(35)36-3/h4-12,14,33-34H,13,15H2,1-3H3. The maximum Gasteiger partial charge on any atom is 0.189 e. The molecule has 3 aromatic carbocycles. The van der Waals surface area contributed by atoms with Crippen LogP contribution in [-0.4, -0.2) is 31.1 Å². The highest BCUT2D eigenvalue weighted by molar-refractivity contribution is 7.80. The first-order valence-electron chi connectivity index (χ1n) is 11.3. The summed E-state index contributed by atoms with van der Waals surface area (Å²) in [5.41, 5.74) is 1.84. The van der Waals surface area contributed by atoms with Gasteiger partial charge in [-0.3, -0.25) is 4.18 Å². The van der Waals surface area contributed by atoms with Crippen molar-refractivity contribution in [1.29, 1.82) is 0 Å². The van der Waals surface area contributed by atoms with Gasteiger partial charge in [0, 0.05) is 33.9 Å². The van der Waals surface area contributed by atoms with Crippen LogP contribution in [0.1, 0.15) is 36.5 Å². The van der Waals surface area contributed by atoms with E-state index in [1.165, 1.54) is 19.2 Å². The molecule has 0 bridgehead atoms. The highest BCUT2D eigenvalue weighted by Gasteiger charge is 2.23. The van der Waals surface area contributed by atoms with Crippen LogP contribution in [0.25, 0.3) is 16.8 Å². The van der Waals surface area contributed by atoms with Gasteiger partial charge < -0.3 is 14.8 Å². The van der Waals surface area contributed by atoms with Crippen LogP contribution < -0.4 is 0 Å². The van der Waals surface area contributed by atoms with Crippen molar-refractivity contribution in [2.75, 3.05) is 7.11 Å². The highest BCUT2D eigenvalue weighted by Crippen LogP contribution is 2.31. The molecule has 0 aliphatic carbocycles. The highest BCUT2D eigenvalue weighted by atomic mass is 35.5. The number of rotatable bonds is 8. The predicted octanol–water partition coefficient (Wildman–Crippen LogP) is 5.96. The fourth-order valence-corrected chi connectivity index (χ4v) is 5.20. The van der Waals surface area contributed by atoms with Gasteiger partial charge in [0.25, 0.3) is 0 Å². The Morgan fingerprint density at radius 2 is 1.70 bits per heavy atom. The topological polar surface area (TPSA) is 84.6 Å². The largest absolute Gasteiger partial charge is 0.392 e. The van der Waals surface area contributed by atoms with Gasteiger partial charge in [-0.2, -0.15) is 0 Å². The lowest BCUT2D eigenvalue weighted by molar-refractivity contribution is 0.0741. The molecule has 4 rings (SSSR count). The molecule has 6 nitrogen and oxygen atoms in total. The lowest BCUT2D eigenvalue weighted by atomic mass is 10.0. The maximum absolute atomic E-state index is 14.7. The third-order valence-electron chi connectivity index (χ3n) is 5.92. The molecule has 0 radical (unpaired) electrons. The van der Waals surface area contributed by atoms with Crippen LogP contribution in [-0.2, 0) is 33.9 Å². The summed E-state index contributed by atoms with van der Waals surface area (Å²) in [5, 5.41) is 21.1. The Hall–Kier alpha value is -2.59. The Morgan fingerprint density at radius 3 is 2.27 bits per heavy atom. The number of hydrogen-bond acceptors (Lipinski definition) is 5. The zero-order valence-electron chi connectivity index (χ0n) is 20.3. The lowest BCUT2D eigenvalue weighted by Crippen LogP contribution is -2.15. The summed E-state index contributed by atoms with van der Waals surface area (Å²) in [7, 11) is 1.25. The summed E-state index contributed by atoms with van der Waals surface area (Å²) in [6, 6.07) is 15.3. The van der Waals surface area contributed by atoms with Gasteiger partial charge in [0.2, 0.25) is 0 Å². The van der Waals surface area contributed by atoms with Gasteiger partial charge in [0.1, 0.15) is 17.2 Å². The van der Waals surface area contributed by atoms with Gasteiger partial charge in [0.05, 0.1) is 24.3 Å². The molecule has 0 saturated carbocycles. The molecular formula is C27H25Cl2FN2O4S. The Kier molecular flexibility index (Phi) is 8.18. The van der Waals surface area contributed by atoms with Crippen LogP contribution in [0, 0.1) is 5.82 Å². The first-order chi connectivity index (χ1) is 17.5. The van der Waals surface area contributed by atoms with Crippen LogP contribution in [0.3, 0.4) is 0 Å². The SMILES string of the molecule is COS(=O)c1cc(-c2ccc(-n3cc(C(C)(C)O)nc3Cc3c(Cl)cccc3Cl)cc2)cc(F)c1CO. The monoisotopic (exact) mass is 562 g/mol. The lowest BCUT2D eigenvalue weighted by Gasteiger charge is -2.13. The predicted molar refractivity (Wildman–Crippen MR) is 143 cm³/mol. The second-order valence-corrected chi connectivity index (χ2v) is 10.9. The number of imidazole rings is 1. The number of hydrogen-bond donors (Lipinski definition) is 2. The van der Waals surface area contributed by atoms with Crippen LogP contribution in [0.15, 0.2) is 65.7 Å². The average Bonchev–Trinajstić information content (AvgIpc) is 3.30. The number of aliphatic hydroxyl groups excluding tert-OH is 1. The molecule has 0 saturated heterocycles. The van der Waals surface area contributed by atoms with E-state index in [2.05, 4.69) is 4.98 Å².